The number of carboxylic acids is 1. The lowest BCUT2D eigenvalue weighted by Gasteiger charge is -2.35. The number of aryl methyl sites for hydroxylation is 2. The molecule has 0 radical (unpaired) electrons. The van der Waals surface area contributed by atoms with Crippen molar-refractivity contribution in [3.63, 3.8) is 0 Å². The number of carboxylic acid groups (broad SMARTS) is 1. The second kappa shape index (κ2) is 6.11. The molecule has 2 rings (SSSR count). The van der Waals surface area contributed by atoms with Crippen molar-refractivity contribution in [3.8, 4) is 0 Å². The van der Waals surface area contributed by atoms with E-state index in [1.807, 2.05) is 19.9 Å². The van der Waals surface area contributed by atoms with E-state index in [0.29, 0.717) is 18.7 Å². The molecular weight excluding hydrogens is 258 g/mol. The van der Waals surface area contributed by atoms with Crippen molar-refractivity contribution in [1.29, 1.82) is 0 Å². The normalized spacial score (nSPS) is 19.1. The van der Waals surface area contributed by atoms with E-state index in [-0.39, 0.29) is 18.4 Å². The highest BCUT2D eigenvalue weighted by molar-refractivity contribution is 5.93. The van der Waals surface area contributed by atoms with Crippen molar-refractivity contribution in [2.75, 3.05) is 6.54 Å². The van der Waals surface area contributed by atoms with Crippen LogP contribution in [-0.4, -0.2) is 34.5 Å². The van der Waals surface area contributed by atoms with Gasteiger partial charge in [-0.3, -0.25) is 9.59 Å². The molecule has 0 spiro atoms. The zero-order valence-electron chi connectivity index (χ0n) is 12.0. The molecule has 1 amide bonds. The molecule has 1 fully saturated rings. The summed E-state index contributed by atoms with van der Waals surface area (Å²) in [5, 5.41) is 8.81. The number of rotatable bonds is 4. The van der Waals surface area contributed by atoms with Crippen molar-refractivity contribution >= 4 is 11.9 Å². The summed E-state index contributed by atoms with van der Waals surface area (Å²) >= 11 is 0. The summed E-state index contributed by atoms with van der Waals surface area (Å²) in [6, 6.07) is 1.86. The van der Waals surface area contributed by atoms with E-state index >= 15 is 0 Å². The second-order valence-corrected chi connectivity index (χ2v) is 5.45. The fraction of sp³-hybridized carbons (Fsp3) is 0.600. The van der Waals surface area contributed by atoms with Gasteiger partial charge in [0.05, 0.1) is 0 Å². The minimum Gasteiger partial charge on any atom is -0.481 e. The third-order valence-electron chi connectivity index (χ3n) is 3.81. The van der Waals surface area contributed by atoms with Crippen LogP contribution in [0.1, 0.15) is 54.0 Å². The summed E-state index contributed by atoms with van der Waals surface area (Å²) in [4.78, 5) is 25.1. The van der Waals surface area contributed by atoms with Gasteiger partial charge in [0.2, 0.25) is 0 Å². The SMILES string of the molecule is Cc1cc(C)c(C(=O)N2CCCC[C@@H]2CCC(=O)O)o1. The van der Waals surface area contributed by atoms with Crippen LogP contribution in [0.25, 0.3) is 0 Å². The summed E-state index contributed by atoms with van der Waals surface area (Å²) in [5.41, 5.74) is 0.843. The van der Waals surface area contributed by atoms with Gasteiger partial charge in [-0.2, -0.15) is 0 Å². The number of hydrogen-bond donors (Lipinski definition) is 1. The van der Waals surface area contributed by atoms with E-state index in [1.54, 1.807) is 4.90 Å². The number of furan rings is 1. The zero-order valence-corrected chi connectivity index (χ0v) is 12.0. The molecule has 110 valence electrons. The number of carbonyl (C=O) groups excluding carboxylic acids is 1. The molecule has 5 nitrogen and oxygen atoms in total. The van der Waals surface area contributed by atoms with E-state index in [1.165, 1.54) is 0 Å². The number of carbonyl (C=O) groups is 2. The van der Waals surface area contributed by atoms with Gasteiger partial charge in [-0.05, 0) is 45.6 Å². The Bertz CT molecular complexity index is 506. The zero-order chi connectivity index (χ0) is 14.7. The predicted octanol–water partition coefficient (Wildman–Crippen LogP) is 2.76. The Kier molecular flexibility index (Phi) is 4.47. The maximum atomic E-state index is 12.6. The van der Waals surface area contributed by atoms with Gasteiger partial charge in [0.15, 0.2) is 5.76 Å². The van der Waals surface area contributed by atoms with Gasteiger partial charge in [-0.25, -0.2) is 0 Å². The monoisotopic (exact) mass is 279 g/mol. The predicted molar refractivity (Wildman–Crippen MR) is 73.7 cm³/mol. The molecule has 1 aliphatic heterocycles. The van der Waals surface area contributed by atoms with Crippen molar-refractivity contribution in [2.24, 2.45) is 0 Å². The molecule has 0 aromatic carbocycles. The maximum Gasteiger partial charge on any atom is 0.303 e. The number of piperidine rings is 1. The largest absolute Gasteiger partial charge is 0.481 e. The summed E-state index contributed by atoms with van der Waals surface area (Å²) in [6.45, 7) is 4.37. The molecule has 5 heteroatoms. The van der Waals surface area contributed by atoms with Gasteiger partial charge in [0.1, 0.15) is 5.76 Å². The lowest BCUT2D eigenvalue weighted by atomic mass is 9.97. The Balaban J connectivity index is 2.12. The third-order valence-corrected chi connectivity index (χ3v) is 3.81. The van der Waals surface area contributed by atoms with Crippen LogP contribution in [-0.2, 0) is 4.79 Å². The van der Waals surface area contributed by atoms with Gasteiger partial charge in [0.25, 0.3) is 5.91 Å². The van der Waals surface area contributed by atoms with E-state index in [9.17, 15) is 9.59 Å². The molecule has 0 aliphatic carbocycles. The Morgan fingerprint density at radius 1 is 1.40 bits per heavy atom. The van der Waals surface area contributed by atoms with E-state index in [2.05, 4.69) is 0 Å². The molecule has 2 heterocycles. The minimum absolute atomic E-state index is 0.0113. The lowest BCUT2D eigenvalue weighted by molar-refractivity contribution is -0.137. The van der Waals surface area contributed by atoms with Crippen molar-refractivity contribution in [3.05, 3.63) is 23.2 Å². The molecule has 1 aromatic rings. The highest BCUT2D eigenvalue weighted by Crippen LogP contribution is 2.25. The number of hydrogen-bond acceptors (Lipinski definition) is 3. The van der Waals surface area contributed by atoms with Crippen LogP contribution in [0.4, 0.5) is 0 Å². The summed E-state index contributed by atoms with van der Waals surface area (Å²) < 4.78 is 5.50. The Hall–Kier alpha value is -1.78. The standard InChI is InChI=1S/C15H21NO4/c1-10-9-11(2)20-14(10)15(19)16-8-4-3-5-12(16)6-7-13(17)18/h9,12H,3-8H2,1-2H3,(H,17,18)/t12-/m1/s1. The topological polar surface area (TPSA) is 70.8 Å². The first-order chi connectivity index (χ1) is 9.49. The molecular formula is C15H21NO4. The molecule has 0 saturated carbocycles. The number of nitrogens with zero attached hydrogens (tertiary/aromatic N) is 1. The number of likely N-dealkylation sites (tertiary alicyclic amines) is 1. The quantitative estimate of drug-likeness (QED) is 0.920. The van der Waals surface area contributed by atoms with Crippen LogP contribution < -0.4 is 0 Å². The fourth-order valence-electron chi connectivity index (χ4n) is 2.84. The highest BCUT2D eigenvalue weighted by Gasteiger charge is 2.30. The first-order valence-corrected chi connectivity index (χ1v) is 7.09. The second-order valence-electron chi connectivity index (χ2n) is 5.45. The smallest absolute Gasteiger partial charge is 0.303 e. The summed E-state index contributed by atoms with van der Waals surface area (Å²) in [5.74, 6) is 0.202. The first kappa shape index (κ1) is 14.6. The van der Waals surface area contributed by atoms with Crippen LogP contribution in [0.15, 0.2) is 10.5 Å². The van der Waals surface area contributed by atoms with Gasteiger partial charge in [0, 0.05) is 24.6 Å². The van der Waals surface area contributed by atoms with Gasteiger partial charge in [-0.1, -0.05) is 0 Å². The minimum atomic E-state index is -0.812. The molecule has 0 unspecified atom stereocenters. The van der Waals surface area contributed by atoms with E-state index < -0.39 is 5.97 Å². The van der Waals surface area contributed by atoms with Gasteiger partial charge < -0.3 is 14.4 Å². The van der Waals surface area contributed by atoms with Crippen LogP contribution in [0.5, 0.6) is 0 Å². The summed E-state index contributed by atoms with van der Waals surface area (Å²) in [6.07, 6.45) is 3.50. The number of amides is 1. The lowest BCUT2D eigenvalue weighted by Crippen LogP contribution is -2.44. The Morgan fingerprint density at radius 2 is 2.15 bits per heavy atom. The van der Waals surface area contributed by atoms with Crippen LogP contribution in [0.3, 0.4) is 0 Å². The molecule has 1 aliphatic rings. The molecule has 1 N–H and O–H groups in total. The van der Waals surface area contributed by atoms with E-state index in [0.717, 1.165) is 30.6 Å². The molecule has 1 aromatic heterocycles. The average molecular weight is 279 g/mol. The summed E-state index contributed by atoms with van der Waals surface area (Å²) in [7, 11) is 0. The van der Waals surface area contributed by atoms with Crippen LogP contribution in [0, 0.1) is 13.8 Å². The average Bonchev–Trinajstić information content (AvgIpc) is 2.75. The fourth-order valence-corrected chi connectivity index (χ4v) is 2.84. The van der Waals surface area contributed by atoms with Gasteiger partial charge in [-0.15, -0.1) is 0 Å². The molecule has 0 bridgehead atoms. The maximum absolute atomic E-state index is 12.6. The number of aliphatic carboxylic acids is 1. The first-order valence-electron chi connectivity index (χ1n) is 7.09. The van der Waals surface area contributed by atoms with Gasteiger partial charge >= 0.3 is 5.97 Å². The van der Waals surface area contributed by atoms with Crippen molar-refractivity contribution < 1.29 is 19.1 Å². The van der Waals surface area contributed by atoms with Crippen molar-refractivity contribution in [2.45, 2.75) is 52.0 Å². The third kappa shape index (κ3) is 3.21. The Labute approximate surface area is 118 Å². The van der Waals surface area contributed by atoms with Crippen LogP contribution in [0.2, 0.25) is 0 Å². The Morgan fingerprint density at radius 3 is 2.75 bits per heavy atom. The van der Waals surface area contributed by atoms with Crippen molar-refractivity contribution in [1.82, 2.24) is 4.90 Å². The highest BCUT2D eigenvalue weighted by atomic mass is 16.4. The van der Waals surface area contributed by atoms with Crippen LogP contribution >= 0.6 is 0 Å². The molecule has 1 atom stereocenters. The van der Waals surface area contributed by atoms with E-state index in [4.69, 9.17) is 9.52 Å². The molecule has 20 heavy (non-hydrogen) atoms. The molecule has 1 saturated heterocycles.